The Morgan fingerprint density at radius 3 is 2.76 bits per heavy atom. The maximum absolute atomic E-state index is 13.9. The number of piperidine rings is 1. The van der Waals surface area contributed by atoms with E-state index in [1.165, 1.54) is 50.6 Å². The van der Waals surface area contributed by atoms with Crippen molar-refractivity contribution < 1.29 is 18.3 Å². The molecule has 1 fully saturated rings. The van der Waals surface area contributed by atoms with Gasteiger partial charge in [-0.25, -0.2) is 4.39 Å². The fraction of sp³-hybridized carbons (Fsp3) is 0.400. The highest BCUT2D eigenvalue weighted by atomic mass is 19.1. The maximum Gasteiger partial charge on any atom is 0.315 e. The second kappa shape index (κ2) is 11.6. The fourth-order valence-corrected chi connectivity index (χ4v) is 3.98. The lowest BCUT2D eigenvalue weighted by molar-refractivity contribution is 0.102. The van der Waals surface area contributed by atoms with E-state index in [2.05, 4.69) is 25.7 Å². The molecule has 1 aliphatic rings. The van der Waals surface area contributed by atoms with Crippen molar-refractivity contribution in [3.8, 4) is 17.2 Å². The van der Waals surface area contributed by atoms with Crippen molar-refractivity contribution in [1.29, 1.82) is 0 Å². The van der Waals surface area contributed by atoms with Crippen LogP contribution in [0.15, 0.2) is 46.9 Å². The number of aromatic nitrogens is 2. The minimum Gasteiger partial charge on any atom is -0.493 e. The molecule has 2 N–H and O–H groups in total. The molecule has 0 unspecified atom stereocenters. The Kier molecular flexibility index (Phi) is 8.08. The van der Waals surface area contributed by atoms with Gasteiger partial charge in [-0.05, 0) is 70.1 Å². The minimum absolute atomic E-state index is 0.0301. The molecule has 9 heteroatoms. The van der Waals surface area contributed by atoms with Gasteiger partial charge in [0.15, 0.2) is 0 Å². The van der Waals surface area contributed by atoms with Crippen LogP contribution in [-0.2, 0) is 0 Å². The smallest absolute Gasteiger partial charge is 0.315 e. The fourth-order valence-electron chi connectivity index (χ4n) is 3.98. The van der Waals surface area contributed by atoms with E-state index in [4.69, 9.17) is 9.15 Å². The van der Waals surface area contributed by atoms with Gasteiger partial charge in [0.25, 0.3) is 11.8 Å². The summed E-state index contributed by atoms with van der Waals surface area (Å²) in [6.07, 6.45) is 4.91. The largest absolute Gasteiger partial charge is 0.493 e. The van der Waals surface area contributed by atoms with E-state index in [-0.39, 0.29) is 5.56 Å². The van der Waals surface area contributed by atoms with Gasteiger partial charge in [0, 0.05) is 18.3 Å². The molecule has 180 valence electrons. The predicted octanol–water partition coefficient (Wildman–Crippen LogP) is 4.81. The molecule has 0 radical (unpaired) electrons. The third-order valence-corrected chi connectivity index (χ3v) is 5.69. The number of carbonyl (C=O) groups excluding carboxylic acids is 1. The molecule has 0 bridgehead atoms. The molecule has 1 saturated heterocycles. The van der Waals surface area contributed by atoms with E-state index >= 15 is 0 Å². The lowest BCUT2D eigenvalue weighted by atomic mass is 10.1. The van der Waals surface area contributed by atoms with Crippen molar-refractivity contribution in [2.75, 3.05) is 43.4 Å². The zero-order valence-electron chi connectivity index (χ0n) is 19.3. The Morgan fingerprint density at radius 2 is 1.97 bits per heavy atom. The van der Waals surface area contributed by atoms with Crippen LogP contribution in [0.5, 0.6) is 5.75 Å². The van der Waals surface area contributed by atoms with Crippen molar-refractivity contribution in [2.45, 2.75) is 32.6 Å². The van der Waals surface area contributed by atoms with Gasteiger partial charge in [0.05, 0.1) is 17.7 Å². The molecule has 4 rings (SSSR count). The molecule has 0 spiro atoms. The van der Waals surface area contributed by atoms with Crippen LogP contribution in [0.2, 0.25) is 0 Å². The summed E-state index contributed by atoms with van der Waals surface area (Å²) in [5.41, 5.74) is 1.05. The maximum atomic E-state index is 13.9. The van der Waals surface area contributed by atoms with Crippen molar-refractivity contribution >= 4 is 17.6 Å². The standard InChI is InChI=1S/C25H30FN5O3/c1-2-33-22-17-18(28-23(32)19-9-4-5-10-21(19)26)11-12-20(22)24-29-30-25(34-24)27-13-8-16-31-14-6-3-7-15-31/h4-5,9-12,17H,2-3,6-8,13-16H2,1H3,(H,27,30)(H,28,32). The number of nitrogens with zero attached hydrogens (tertiary/aromatic N) is 3. The lowest BCUT2D eigenvalue weighted by Gasteiger charge is -2.26. The minimum atomic E-state index is -0.580. The molecule has 0 saturated carbocycles. The van der Waals surface area contributed by atoms with Crippen LogP contribution in [0.25, 0.3) is 11.5 Å². The molecule has 8 nitrogen and oxygen atoms in total. The van der Waals surface area contributed by atoms with Gasteiger partial charge in [-0.3, -0.25) is 4.79 Å². The SMILES string of the molecule is CCOc1cc(NC(=O)c2ccccc2F)ccc1-c1nnc(NCCCN2CCCCC2)o1. The van der Waals surface area contributed by atoms with Crippen LogP contribution >= 0.6 is 0 Å². The molecule has 34 heavy (non-hydrogen) atoms. The average Bonchev–Trinajstić information content (AvgIpc) is 3.32. The first kappa shape index (κ1) is 23.7. The molecule has 2 aromatic carbocycles. The first-order chi connectivity index (χ1) is 16.6. The van der Waals surface area contributed by atoms with Crippen LogP contribution in [0.1, 0.15) is 43.0 Å². The summed E-state index contributed by atoms with van der Waals surface area (Å²) in [5.74, 6) is -0.325. The number of hydrogen-bond donors (Lipinski definition) is 2. The Labute approximate surface area is 198 Å². The topological polar surface area (TPSA) is 92.5 Å². The Balaban J connectivity index is 1.39. The summed E-state index contributed by atoms with van der Waals surface area (Å²) in [7, 11) is 0. The van der Waals surface area contributed by atoms with Crippen LogP contribution in [0.3, 0.4) is 0 Å². The van der Waals surface area contributed by atoms with Crippen LogP contribution < -0.4 is 15.4 Å². The number of ether oxygens (including phenoxy) is 1. The van der Waals surface area contributed by atoms with E-state index in [1.807, 2.05) is 6.92 Å². The third-order valence-electron chi connectivity index (χ3n) is 5.69. The van der Waals surface area contributed by atoms with Crippen LogP contribution in [0, 0.1) is 5.82 Å². The Morgan fingerprint density at radius 1 is 1.15 bits per heavy atom. The second-order valence-corrected chi connectivity index (χ2v) is 8.17. The monoisotopic (exact) mass is 467 g/mol. The molecule has 2 heterocycles. The Bertz CT molecular complexity index is 1100. The van der Waals surface area contributed by atoms with Crippen LogP contribution in [0.4, 0.5) is 16.1 Å². The van der Waals surface area contributed by atoms with Gasteiger partial charge in [-0.1, -0.05) is 23.7 Å². The van der Waals surface area contributed by atoms with Crippen molar-refractivity contribution in [2.24, 2.45) is 0 Å². The number of anilines is 2. The molecule has 0 atom stereocenters. The van der Waals surface area contributed by atoms with E-state index < -0.39 is 11.7 Å². The van der Waals surface area contributed by atoms with Gasteiger partial charge in [0.2, 0.25) is 0 Å². The number of amides is 1. The summed E-state index contributed by atoms with van der Waals surface area (Å²) in [6, 6.07) is 11.3. The van der Waals surface area contributed by atoms with Crippen molar-refractivity contribution in [1.82, 2.24) is 15.1 Å². The normalized spacial score (nSPS) is 14.1. The summed E-state index contributed by atoms with van der Waals surface area (Å²) in [6.45, 7) is 6.44. The summed E-state index contributed by atoms with van der Waals surface area (Å²) in [4.78, 5) is 14.9. The number of nitrogens with one attached hydrogen (secondary N) is 2. The number of rotatable bonds is 10. The summed E-state index contributed by atoms with van der Waals surface area (Å²) >= 11 is 0. The highest BCUT2D eigenvalue weighted by Gasteiger charge is 2.17. The van der Waals surface area contributed by atoms with Crippen LogP contribution in [-0.4, -0.2) is 53.8 Å². The second-order valence-electron chi connectivity index (χ2n) is 8.17. The van der Waals surface area contributed by atoms with Gasteiger partial charge in [0.1, 0.15) is 11.6 Å². The highest BCUT2D eigenvalue weighted by molar-refractivity contribution is 6.04. The number of benzene rings is 2. The van der Waals surface area contributed by atoms with E-state index in [9.17, 15) is 9.18 Å². The molecular weight excluding hydrogens is 437 g/mol. The molecule has 1 amide bonds. The van der Waals surface area contributed by atoms with Crippen molar-refractivity contribution in [3.05, 3.63) is 53.8 Å². The van der Waals surface area contributed by atoms with E-state index in [0.29, 0.717) is 35.5 Å². The number of hydrogen-bond acceptors (Lipinski definition) is 7. The number of likely N-dealkylation sites (tertiary alicyclic amines) is 1. The number of halogens is 1. The first-order valence-corrected chi connectivity index (χ1v) is 11.8. The molecular formula is C25H30FN5O3. The summed E-state index contributed by atoms with van der Waals surface area (Å²) < 4.78 is 25.4. The quantitative estimate of drug-likeness (QED) is 0.413. The first-order valence-electron chi connectivity index (χ1n) is 11.8. The van der Waals surface area contributed by atoms with E-state index in [0.717, 1.165) is 19.5 Å². The van der Waals surface area contributed by atoms with Crippen molar-refractivity contribution in [3.63, 3.8) is 0 Å². The van der Waals surface area contributed by atoms with E-state index in [1.54, 1.807) is 24.3 Å². The predicted molar refractivity (Wildman–Crippen MR) is 129 cm³/mol. The summed E-state index contributed by atoms with van der Waals surface area (Å²) in [5, 5.41) is 14.1. The third kappa shape index (κ3) is 6.11. The van der Waals surface area contributed by atoms with Gasteiger partial charge in [-0.2, -0.15) is 0 Å². The number of carbonyl (C=O) groups is 1. The average molecular weight is 468 g/mol. The zero-order chi connectivity index (χ0) is 23.8. The molecule has 1 aliphatic heterocycles. The van der Waals surface area contributed by atoms with Gasteiger partial charge in [-0.15, -0.1) is 5.10 Å². The molecule has 1 aromatic heterocycles. The van der Waals surface area contributed by atoms with Gasteiger partial charge >= 0.3 is 6.01 Å². The Hall–Kier alpha value is -3.46. The zero-order valence-corrected chi connectivity index (χ0v) is 19.3. The highest BCUT2D eigenvalue weighted by Crippen LogP contribution is 2.33. The van der Waals surface area contributed by atoms with Gasteiger partial charge < -0.3 is 24.7 Å². The molecule has 0 aliphatic carbocycles. The molecule has 3 aromatic rings. The lowest BCUT2D eigenvalue weighted by Crippen LogP contribution is -2.31.